The Bertz CT molecular complexity index is 345. The van der Waals surface area contributed by atoms with Gasteiger partial charge in [0.05, 0.1) is 12.2 Å². The Hall–Kier alpha value is -0.650. The van der Waals surface area contributed by atoms with Gasteiger partial charge in [-0.3, -0.25) is 4.90 Å². The lowest BCUT2D eigenvalue weighted by molar-refractivity contribution is -0.0702. The summed E-state index contributed by atoms with van der Waals surface area (Å²) in [6, 6.07) is 0. The molecular weight excluding hydrogens is 234 g/mol. The van der Waals surface area contributed by atoms with E-state index in [1.165, 1.54) is 4.88 Å². The lowest BCUT2D eigenvalue weighted by atomic mass is 10.2. The molecule has 0 saturated carbocycles. The zero-order valence-corrected chi connectivity index (χ0v) is 11.6. The van der Waals surface area contributed by atoms with Gasteiger partial charge >= 0.3 is 0 Å². The summed E-state index contributed by atoms with van der Waals surface area (Å²) >= 11 is 1.75. The van der Waals surface area contributed by atoms with Crippen LogP contribution in [0.25, 0.3) is 0 Å². The minimum Gasteiger partial charge on any atom is -0.373 e. The number of morpholine rings is 1. The van der Waals surface area contributed by atoms with E-state index in [1.54, 1.807) is 11.3 Å². The second-order valence-corrected chi connectivity index (χ2v) is 5.73. The second kappa shape index (κ2) is 5.80. The molecule has 0 amide bonds. The number of nitrogens with one attached hydrogen (secondary N) is 1. The average molecular weight is 255 g/mol. The molecule has 1 aliphatic heterocycles. The van der Waals surface area contributed by atoms with Crippen LogP contribution in [0.5, 0.6) is 0 Å². The van der Waals surface area contributed by atoms with E-state index >= 15 is 0 Å². The third kappa shape index (κ3) is 3.66. The van der Waals surface area contributed by atoms with Crippen LogP contribution >= 0.6 is 11.3 Å². The Morgan fingerprint density at radius 1 is 1.47 bits per heavy atom. The first-order valence-corrected chi connectivity index (χ1v) is 7.05. The first kappa shape index (κ1) is 12.8. The van der Waals surface area contributed by atoms with Crippen molar-refractivity contribution in [1.82, 2.24) is 9.88 Å². The van der Waals surface area contributed by atoms with E-state index < -0.39 is 0 Å². The quantitative estimate of drug-likeness (QED) is 0.895. The highest BCUT2D eigenvalue weighted by Gasteiger charge is 2.22. The van der Waals surface area contributed by atoms with Gasteiger partial charge in [0.2, 0.25) is 0 Å². The van der Waals surface area contributed by atoms with Gasteiger partial charge in [0.1, 0.15) is 0 Å². The standard InChI is InChI=1S/C12H21N3OS/c1-4-13-12-14-5-11(17-12)8-15-6-9(2)16-10(3)7-15/h5,9-10H,4,6-8H2,1-3H3,(H,13,14)/t9-,10+. The van der Waals surface area contributed by atoms with Gasteiger partial charge in [-0.2, -0.15) is 0 Å². The maximum atomic E-state index is 5.73. The minimum absolute atomic E-state index is 0.333. The third-order valence-corrected chi connectivity index (χ3v) is 3.70. The molecule has 1 aromatic heterocycles. The van der Waals surface area contributed by atoms with Crippen LogP contribution in [-0.4, -0.2) is 41.7 Å². The summed E-state index contributed by atoms with van der Waals surface area (Å²) in [6.07, 6.45) is 2.65. The monoisotopic (exact) mass is 255 g/mol. The van der Waals surface area contributed by atoms with Crippen LogP contribution in [0.2, 0.25) is 0 Å². The van der Waals surface area contributed by atoms with Crippen molar-refractivity contribution in [2.45, 2.75) is 39.5 Å². The Labute approximate surface area is 107 Å². The molecule has 0 unspecified atom stereocenters. The number of ether oxygens (including phenoxy) is 1. The molecule has 96 valence electrons. The van der Waals surface area contributed by atoms with Crippen LogP contribution in [0.3, 0.4) is 0 Å². The highest BCUT2D eigenvalue weighted by atomic mass is 32.1. The molecule has 0 bridgehead atoms. The third-order valence-electron chi connectivity index (χ3n) is 2.76. The number of aromatic nitrogens is 1. The maximum absolute atomic E-state index is 5.73. The van der Waals surface area contributed by atoms with E-state index in [4.69, 9.17) is 4.74 Å². The molecular formula is C12H21N3OS. The van der Waals surface area contributed by atoms with Crippen LogP contribution in [0, 0.1) is 0 Å². The van der Waals surface area contributed by atoms with E-state index in [-0.39, 0.29) is 0 Å². The molecule has 0 spiro atoms. The topological polar surface area (TPSA) is 37.4 Å². The summed E-state index contributed by atoms with van der Waals surface area (Å²) in [4.78, 5) is 8.13. The Kier molecular flexibility index (Phi) is 4.36. The highest BCUT2D eigenvalue weighted by Crippen LogP contribution is 2.21. The van der Waals surface area contributed by atoms with Gasteiger partial charge in [-0.1, -0.05) is 0 Å². The number of nitrogens with zero attached hydrogens (tertiary/aromatic N) is 2. The molecule has 2 atom stereocenters. The van der Waals surface area contributed by atoms with Crippen LogP contribution < -0.4 is 5.32 Å². The van der Waals surface area contributed by atoms with Gasteiger partial charge in [-0.25, -0.2) is 4.98 Å². The molecule has 1 aromatic rings. The molecule has 0 aromatic carbocycles. The normalized spacial score (nSPS) is 26.1. The van der Waals surface area contributed by atoms with E-state index in [0.29, 0.717) is 12.2 Å². The molecule has 1 saturated heterocycles. The van der Waals surface area contributed by atoms with Gasteiger partial charge in [0.15, 0.2) is 5.13 Å². The second-order valence-electron chi connectivity index (χ2n) is 4.61. The Morgan fingerprint density at radius 2 is 2.18 bits per heavy atom. The van der Waals surface area contributed by atoms with Crippen LogP contribution in [0.4, 0.5) is 5.13 Å². The summed E-state index contributed by atoms with van der Waals surface area (Å²) in [5, 5.41) is 4.27. The van der Waals surface area contributed by atoms with E-state index in [0.717, 1.165) is 31.3 Å². The van der Waals surface area contributed by atoms with E-state index in [2.05, 4.69) is 36.0 Å². The molecule has 0 radical (unpaired) electrons. The van der Waals surface area contributed by atoms with Gasteiger partial charge < -0.3 is 10.1 Å². The fourth-order valence-corrected chi connectivity index (χ4v) is 3.17. The number of hydrogen-bond acceptors (Lipinski definition) is 5. The van der Waals surface area contributed by atoms with E-state index in [1.807, 2.05) is 6.20 Å². The molecule has 1 fully saturated rings. The molecule has 0 aliphatic carbocycles. The highest BCUT2D eigenvalue weighted by molar-refractivity contribution is 7.15. The van der Waals surface area contributed by atoms with E-state index in [9.17, 15) is 0 Å². The summed E-state index contributed by atoms with van der Waals surface area (Å²) in [7, 11) is 0. The lowest BCUT2D eigenvalue weighted by Gasteiger charge is -2.34. The first-order chi connectivity index (χ1) is 8.17. The van der Waals surface area contributed by atoms with Crippen molar-refractivity contribution >= 4 is 16.5 Å². The molecule has 5 heteroatoms. The first-order valence-electron chi connectivity index (χ1n) is 6.23. The molecule has 1 aliphatic rings. The summed E-state index contributed by atoms with van der Waals surface area (Å²) < 4.78 is 5.73. The van der Waals surface area contributed by atoms with Crippen LogP contribution in [-0.2, 0) is 11.3 Å². The SMILES string of the molecule is CCNc1ncc(CN2C[C@@H](C)O[C@@H](C)C2)s1. The number of hydrogen-bond donors (Lipinski definition) is 1. The lowest BCUT2D eigenvalue weighted by Crippen LogP contribution is -2.44. The summed E-state index contributed by atoms with van der Waals surface area (Å²) in [5.74, 6) is 0. The van der Waals surface area contributed by atoms with Crippen molar-refractivity contribution in [1.29, 1.82) is 0 Å². The summed E-state index contributed by atoms with van der Waals surface area (Å²) in [5.41, 5.74) is 0. The zero-order valence-electron chi connectivity index (χ0n) is 10.8. The number of anilines is 1. The van der Waals surface area contributed by atoms with Crippen molar-refractivity contribution in [3.05, 3.63) is 11.1 Å². The number of thiazole rings is 1. The smallest absolute Gasteiger partial charge is 0.182 e. The predicted octanol–water partition coefficient (Wildman–Crippen LogP) is 2.18. The van der Waals surface area contributed by atoms with Crippen LogP contribution in [0.1, 0.15) is 25.6 Å². The van der Waals surface area contributed by atoms with Crippen molar-refractivity contribution < 1.29 is 4.74 Å². The summed E-state index contributed by atoms with van der Waals surface area (Å²) in [6.45, 7) is 10.3. The predicted molar refractivity (Wildman–Crippen MR) is 71.6 cm³/mol. The molecule has 2 heterocycles. The largest absolute Gasteiger partial charge is 0.373 e. The fourth-order valence-electron chi connectivity index (χ4n) is 2.25. The average Bonchev–Trinajstić information content (AvgIpc) is 2.64. The fraction of sp³-hybridized carbons (Fsp3) is 0.750. The molecule has 4 nitrogen and oxygen atoms in total. The van der Waals surface area contributed by atoms with Crippen molar-refractivity contribution in [3.8, 4) is 0 Å². The molecule has 2 rings (SSSR count). The van der Waals surface area contributed by atoms with Crippen molar-refractivity contribution in [2.75, 3.05) is 25.0 Å². The van der Waals surface area contributed by atoms with Gasteiger partial charge in [0, 0.05) is 37.3 Å². The van der Waals surface area contributed by atoms with Crippen LogP contribution in [0.15, 0.2) is 6.20 Å². The maximum Gasteiger partial charge on any atom is 0.182 e. The molecule has 17 heavy (non-hydrogen) atoms. The van der Waals surface area contributed by atoms with Gasteiger partial charge in [-0.05, 0) is 20.8 Å². The Balaban J connectivity index is 1.90. The minimum atomic E-state index is 0.333. The van der Waals surface area contributed by atoms with Crippen molar-refractivity contribution in [3.63, 3.8) is 0 Å². The molecule has 1 N–H and O–H groups in total. The van der Waals surface area contributed by atoms with Gasteiger partial charge in [0.25, 0.3) is 0 Å². The number of rotatable bonds is 4. The van der Waals surface area contributed by atoms with Gasteiger partial charge in [-0.15, -0.1) is 11.3 Å². The van der Waals surface area contributed by atoms with Crippen molar-refractivity contribution in [2.24, 2.45) is 0 Å². The zero-order chi connectivity index (χ0) is 12.3. The Morgan fingerprint density at radius 3 is 2.82 bits per heavy atom.